The van der Waals surface area contributed by atoms with Crippen molar-refractivity contribution >= 4 is 5.97 Å². The van der Waals surface area contributed by atoms with Crippen LogP contribution in [-0.4, -0.2) is 23.8 Å². The fourth-order valence-corrected chi connectivity index (χ4v) is 1.48. The Balaban J connectivity index is 2.56. The largest absolute Gasteiger partial charge is 0.490 e. The van der Waals surface area contributed by atoms with Crippen LogP contribution in [0.15, 0.2) is 24.3 Å². The third-order valence-electron chi connectivity index (χ3n) is 2.40. The van der Waals surface area contributed by atoms with Crippen LogP contribution in [0, 0.1) is 0 Å². The van der Waals surface area contributed by atoms with Crippen LogP contribution in [0.25, 0.3) is 0 Å². The highest BCUT2D eigenvalue weighted by Crippen LogP contribution is 2.28. The number of rotatable bonds is 8. The second kappa shape index (κ2) is 7.58. The van der Waals surface area contributed by atoms with Crippen molar-refractivity contribution in [1.82, 2.24) is 0 Å². The molecule has 0 aliphatic rings. The Kier molecular flexibility index (Phi) is 6.05. The van der Waals surface area contributed by atoms with Crippen molar-refractivity contribution in [2.45, 2.75) is 39.2 Å². The monoisotopic (exact) mass is 252 g/mol. The van der Waals surface area contributed by atoms with Gasteiger partial charge in [0.1, 0.15) is 0 Å². The molecular formula is C14H20O4. The van der Waals surface area contributed by atoms with Crippen molar-refractivity contribution in [3.8, 4) is 11.5 Å². The maximum atomic E-state index is 10.5. The lowest BCUT2D eigenvalue weighted by Crippen LogP contribution is -2.14. The van der Waals surface area contributed by atoms with E-state index < -0.39 is 5.97 Å². The smallest absolute Gasteiger partial charge is 0.303 e. The average molecular weight is 252 g/mol. The lowest BCUT2D eigenvalue weighted by atomic mass is 10.2. The molecule has 0 radical (unpaired) electrons. The summed E-state index contributed by atoms with van der Waals surface area (Å²) in [4.78, 5) is 10.5. The molecule has 1 rings (SSSR count). The minimum atomic E-state index is -0.805. The molecular weight excluding hydrogens is 232 g/mol. The van der Waals surface area contributed by atoms with E-state index in [1.807, 2.05) is 38.1 Å². The molecule has 0 bridgehead atoms. The van der Waals surface area contributed by atoms with Gasteiger partial charge >= 0.3 is 5.97 Å². The fourth-order valence-electron chi connectivity index (χ4n) is 1.48. The summed E-state index contributed by atoms with van der Waals surface area (Å²) >= 11 is 0. The van der Waals surface area contributed by atoms with Crippen LogP contribution in [0.1, 0.15) is 33.1 Å². The van der Waals surface area contributed by atoms with Gasteiger partial charge < -0.3 is 14.6 Å². The molecule has 0 fully saturated rings. The van der Waals surface area contributed by atoms with E-state index in [-0.39, 0.29) is 12.5 Å². The summed E-state index contributed by atoms with van der Waals surface area (Å²) in [5.41, 5.74) is 0. The number of hydrogen-bond donors (Lipinski definition) is 1. The maximum Gasteiger partial charge on any atom is 0.303 e. The van der Waals surface area contributed by atoms with Gasteiger partial charge in [-0.1, -0.05) is 19.1 Å². The molecule has 0 saturated carbocycles. The van der Waals surface area contributed by atoms with Crippen molar-refractivity contribution in [2.75, 3.05) is 6.61 Å². The zero-order valence-corrected chi connectivity index (χ0v) is 10.9. The normalized spacial score (nSPS) is 11.9. The van der Waals surface area contributed by atoms with E-state index in [1.54, 1.807) is 0 Å². The first-order chi connectivity index (χ1) is 8.63. The van der Waals surface area contributed by atoms with Gasteiger partial charge in [0.2, 0.25) is 0 Å². The molecule has 1 aromatic rings. The van der Waals surface area contributed by atoms with E-state index in [1.165, 1.54) is 0 Å². The number of para-hydroxylation sites is 2. The molecule has 1 unspecified atom stereocenters. The Morgan fingerprint density at radius 1 is 1.33 bits per heavy atom. The highest BCUT2D eigenvalue weighted by molar-refractivity contribution is 5.66. The highest BCUT2D eigenvalue weighted by Gasteiger charge is 2.10. The minimum Gasteiger partial charge on any atom is -0.490 e. The van der Waals surface area contributed by atoms with Gasteiger partial charge in [-0.05, 0) is 31.9 Å². The summed E-state index contributed by atoms with van der Waals surface area (Å²) in [5.74, 6) is 0.575. The van der Waals surface area contributed by atoms with Gasteiger partial charge in [0.15, 0.2) is 11.5 Å². The van der Waals surface area contributed by atoms with Crippen LogP contribution in [0.2, 0.25) is 0 Å². The van der Waals surface area contributed by atoms with Crippen molar-refractivity contribution in [2.24, 2.45) is 0 Å². The number of carboxylic acid groups (broad SMARTS) is 1. The molecule has 4 nitrogen and oxygen atoms in total. The predicted molar refractivity (Wildman–Crippen MR) is 69.2 cm³/mol. The molecule has 0 aromatic heterocycles. The van der Waals surface area contributed by atoms with E-state index in [4.69, 9.17) is 14.6 Å². The zero-order chi connectivity index (χ0) is 13.4. The molecule has 0 spiro atoms. The number of aliphatic carboxylic acids is 1. The van der Waals surface area contributed by atoms with E-state index >= 15 is 0 Å². The molecule has 4 heteroatoms. The van der Waals surface area contributed by atoms with Crippen LogP contribution < -0.4 is 9.47 Å². The van der Waals surface area contributed by atoms with Gasteiger partial charge in [-0.15, -0.1) is 0 Å². The zero-order valence-electron chi connectivity index (χ0n) is 10.9. The molecule has 0 aliphatic carbocycles. The van der Waals surface area contributed by atoms with E-state index in [0.717, 1.165) is 6.42 Å². The number of carboxylic acids is 1. The summed E-state index contributed by atoms with van der Waals surface area (Å²) in [5, 5.41) is 8.62. The van der Waals surface area contributed by atoms with Crippen molar-refractivity contribution in [3.63, 3.8) is 0 Å². The summed E-state index contributed by atoms with van der Waals surface area (Å²) in [6, 6.07) is 7.45. The molecule has 100 valence electrons. The third kappa shape index (κ3) is 5.08. The van der Waals surface area contributed by atoms with Gasteiger partial charge in [-0.2, -0.15) is 0 Å². The Morgan fingerprint density at radius 2 is 2.00 bits per heavy atom. The molecule has 1 atom stereocenters. The topological polar surface area (TPSA) is 55.8 Å². The second-order valence-corrected chi connectivity index (χ2v) is 4.16. The molecule has 1 N–H and O–H groups in total. The number of benzene rings is 1. The third-order valence-corrected chi connectivity index (χ3v) is 2.40. The average Bonchev–Trinajstić information content (AvgIpc) is 2.35. The number of ether oxygens (including phenoxy) is 2. The Bertz CT molecular complexity index is 376. The van der Waals surface area contributed by atoms with E-state index in [9.17, 15) is 4.79 Å². The van der Waals surface area contributed by atoms with E-state index in [2.05, 4.69) is 0 Å². The van der Waals surface area contributed by atoms with Crippen LogP contribution >= 0.6 is 0 Å². The van der Waals surface area contributed by atoms with Gasteiger partial charge in [0.05, 0.1) is 12.7 Å². The lowest BCUT2D eigenvalue weighted by Gasteiger charge is -2.16. The van der Waals surface area contributed by atoms with Gasteiger partial charge in [0, 0.05) is 6.42 Å². The Morgan fingerprint density at radius 3 is 2.61 bits per heavy atom. The Hall–Kier alpha value is -1.71. The molecule has 18 heavy (non-hydrogen) atoms. The molecule has 0 amide bonds. The first-order valence-electron chi connectivity index (χ1n) is 6.23. The molecule has 1 aromatic carbocycles. The van der Waals surface area contributed by atoms with Crippen molar-refractivity contribution < 1.29 is 19.4 Å². The number of hydrogen-bond acceptors (Lipinski definition) is 3. The maximum absolute atomic E-state index is 10.5. The summed E-state index contributed by atoms with van der Waals surface area (Å²) in [7, 11) is 0. The second-order valence-electron chi connectivity index (χ2n) is 4.16. The molecule has 0 saturated heterocycles. The SMILES string of the molecule is CCCOc1ccccc1OC(C)CCC(=O)O. The summed E-state index contributed by atoms with van der Waals surface area (Å²) in [6.07, 6.45) is 1.38. The van der Waals surface area contributed by atoms with Crippen molar-refractivity contribution in [1.29, 1.82) is 0 Å². The first kappa shape index (κ1) is 14.4. The summed E-state index contributed by atoms with van der Waals surface area (Å²) < 4.78 is 11.3. The molecule has 0 heterocycles. The fraction of sp³-hybridized carbons (Fsp3) is 0.500. The standard InChI is InChI=1S/C14H20O4/c1-3-10-17-12-6-4-5-7-13(12)18-11(2)8-9-14(15)16/h4-7,11H,3,8-10H2,1-2H3,(H,15,16). The van der Waals surface area contributed by atoms with Gasteiger partial charge in [-0.3, -0.25) is 4.79 Å². The summed E-state index contributed by atoms with van der Waals surface area (Å²) in [6.45, 7) is 4.54. The van der Waals surface area contributed by atoms with Gasteiger partial charge in [0.25, 0.3) is 0 Å². The van der Waals surface area contributed by atoms with Gasteiger partial charge in [-0.25, -0.2) is 0 Å². The highest BCUT2D eigenvalue weighted by atomic mass is 16.5. The van der Waals surface area contributed by atoms with E-state index in [0.29, 0.717) is 24.5 Å². The van der Waals surface area contributed by atoms with Crippen LogP contribution in [0.4, 0.5) is 0 Å². The molecule has 0 aliphatic heterocycles. The first-order valence-corrected chi connectivity index (χ1v) is 6.23. The number of carbonyl (C=O) groups is 1. The predicted octanol–water partition coefficient (Wildman–Crippen LogP) is 3.11. The quantitative estimate of drug-likeness (QED) is 0.772. The lowest BCUT2D eigenvalue weighted by molar-refractivity contribution is -0.137. The Labute approximate surface area is 108 Å². The van der Waals surface area contributed by atoms with Crippen LogP contribution in [-0.2, 0) is 4.79 Å². The minimum absolute atomic E-state index is 0.110. The van der Waals surface area contributed by atoms with Crippen LogP contribution in [0.5, 0.6) is 11.5 Å². The van der Waals surface area contributed by atoms with Crippen molar-refractivity contribution in [3.05, 3.63) is 24.3 Å². The van der Waals surface area contributed by atoms with Crippen LogP contribution in [0.3, 0.4) is 0 Å².